The Bertz CT molecular complexity index is 137. The second-order valence-corrected chi connectivity index (χ2v) is 2.51. The molecule has 0 aromatic heterocycles. The summed E-state index contributed by atoms with van der Waals surface area (Å²) in [6.45, 7) is 0. The van der Waals surface area contributed by atoms with Crippen molar-refractivity contribution in [2.45, 2.75) is 0 Å². The molecule has 1 aliphatic rings. The van der Waals surface area contributed by atoms with E-state index in [-0.39, 0.29) is 7.12 Å². The quantitative estimate of drug-likeness (QED) is 0.500. The Hall–Kier alpha value is -0.0808. The van der Waals surface area contributed by atoms with Gasteiger partial charge in [-0.05, 0) is 0 Å². The molecule has 1 heterocycles. The van der Waals surface area contributed by atoms with Gasteiger partial charge in [0.05, 0.1) is 0 Å². The van der Waals surface area contributed by atoms with Crippen molar-refractivity contribution >= 4 is 7.12 Å². The first-order chi connectivity index (χ1) is 4.25. The standard InChI is InChI=1S/C4H8BN3.Ti/c1-7-3-4-8(2)5(7)6;/h3-4H,1-2H3;. The maximum atomic E-state index is 4.14. The van der Waals surface area contributed by atoms with Gasteiger partial charge in [-0.2, -0.15) is 0 Å². The van der Waals surface area contributed by atoms with Gasteiger partial charge in [0.2, 0.25) is 0 Å². The van der Waals surface area contributed by atoms with Gasteiger partial charge in [-0.1, -0.05) is 0 Å². The Morgan fingerprint density at radius 2 is 1.78 bits per heavy atom. The number of nitrogens with zero attached hydrogens (tertiary/aromatic N) is 3. The fraction of sp³-hybridized carbons (Fsp3) is 0.500. The molecule has 0 saturated heterocycles. The van der Waals surface area contributed by atoms with Crippen molar-refractivity contribution < 1.29 is 20.3 Å². The SMILES string of the molecule is CN1C=CN(C)B1[N]=[Ti]. The third-order valence-electron chi connectivity index (χ3n) is 1.38. The summed E-state index contributed by atoms with van der Waals surface area (Å²) >= 11 is 1.82. The third-order valence-corrected chi connectivity index (χ3v) is 1.74. The van der Waals surface area contributed by atoms with Crippen LogP contribution >= 0.6 is 0 Å². The van der Waals surface area contributed by atoms with Gasteiger partial charge < -0.3 is 0 Å². The third kappa shape index (κ3) is 1.25. The second kappa shape index (κ2) is 2.67. The molecule has 0 saturated carbocycles. The summed E-state index contributed by atoms with van der Waals surface area (Å²) < 4.78 is 4.14. The van der Waals surface area contributed by atoms with Gasteiger partial charge in [0, 0.05) is 0 Å². The molecule has 0 fully saturated rings. The molecular formula is C4H8BN3Ti. The van der Waals surface area contributed by atoms with Crippen LogP contribution in [0, 0.1) is 0 Å². The van der Waals surface area contributed by atoms with Crippen LogP contribution in [0.1, 0.15) is 0 Å². The predicted octanol–water partition coefficient (Wildman–Crippen LogP) is 0.0501. The molecule has 0 unspecified atom stereocenters. The molecular weight excluding hydrogens is 149 g/mol. The first kappa shape index (κ1) is 7.03. The molecule has 0 atom stereocenters. The van der Waals surface area contributed by atoms with E-state index >= 15 is 0 Å². The maximum absolute atomic E-state index is 4.14. The van der Waals surface area contributed by atoms with Gasteiger partial charge >= 0.3 is 66.8 Å². The summed E-state index contributed by atoms with van der Waals surface area (Å²) in [5, 5.41) is 0. The summed E-state index contributed by atoms with van der Waals surface area (Å²) in [5.74, 6) is 0. The number of hydrogen-bond donors (Lipinski definition) is 0. The molecule has 9 heavy (non-hydrogen) atoms. The van der Waals surface area contributed by atoms with Crippen LogP contribution in [0.25, 0.3) is 0 Å². The van der Waals surface area contributed by atoms with Crippen LogP contribution in [0.3, 0.4) is 0 Å². The van der Waals surface area contributed by atoms with Crippen molar-refractivity contribution in [2.75, 3.05) is 14.1 Å². The summed E-state index contributed by atoms with van der Waals surface area (Å²) in [6, 6.07) is 0. The molecule has 1 aliphatic heterocycles. The molecule has 5 heteroatoms. The van der Waals surface area contributed by atoms with Crippen molar-refractivity contribution in [3.05, 3.63) is 12.4 Å². The van der Waals surface area contributed by atoms with Crippen molar-refractivity contribution in [2.24, 2.45) is 3.33 Å². The predicted molar refractivity (Wildman–Crippen MR) is 32.8 cm³/mol. The minimum atomic E-state index is 0.213. The van der Waals surface area contributed by atoms with E-state index in [1.165, 1.54) is 0 Å². The van der Waals surface area contributed by atoms with Crippen LogP contribution in [0.2, 0.25) is 0 Å². The minimum absolute atomic E-state index is 0.213. The van der Waals surface area contributed by atoms with E-state index in [0.717, 1.165) is 0 Å². The topological polar surface area (TPSA) is 18.8 Å². The molecule has 46 valence electrons. The Morgan fingerprint density at radius 3 is 2.00 bits per heavy atom. The Balaban J connectivity index is 2.63. The van der Waals surface area contributed by atoms with E-state index in [1.807, 2.05) is 46.8 Å². The molecule has 0 aromatic carbocycles. The van der Waals surface area contributed by atoms with E-state index < -0.39 is 0 Å². The van der Waals surface area contributed by atoms with E-state index in [4.69, 9.17) is 0 Å². The second-order valence-electron chi connectivity index (χ2n) is 2.10. The van der Waals surface area contributed by atoms with Gasteiger partial charge in [0.25, 0.3) is 0 Å². The zero-order chi connectivity index (χ0) is 6.85. The summed E-state index contributed by atoms with van der Waals surface area (Å²) in [5.41, 5.74) is 0. The van der Waals surface area contributed by atoms with Crippen LogP contribution in [-0.4, -0.2) is 30.8 Å². The zero-order valence-corrected chi connectivity index (χ0v) is 7.14. The van der Waals surface area contributed by atoms with E-state index in [1.54, 1.807) is 0 Å². The van der Waals surface area contributed by atoms with Crippen molar-refractivity contribution in [1.29, 1.82) is 0 Å². The van der Waals surface area contributed by atoms with Crippen LogP contribution in [0.5, 0.6) is 0 Å². The van der Waals surface area contributed by atoms with Crippen LogP contribution in [0.4, 0.5) is 0 Å². The average Bonchev–Trinajstić information content (AvgIpc) is 2.12. The molecule has 3 nitrogen and oxygen atoms in total. The Labute approximate surface area is 67.1 Å². The van der Waals surface area contributed by atoms with Gasteiger partial charge in [-0.25, -0.2) is 0 Å². The molecule has 0 aromatic rings. The normalized spacial score (nSPS) is 17.2. The summed E-state index contributed by atoms with van der Waals surface area (Å²) in [7, 11) is 4.24. The monoisotopic (exact) mass is 157 g/mol. The fourth-order valence-corrected chi connectivity index (χ4v) is 1.40. The van der Waals surface area contributed by atoms with Gasteiger partial charge in [0.15, 0.2) is 0 Å². The average molecular weight is 157 g/mol. The van der Waals surface area contributed by atoms with Crippen molar-refractivity contribution in [1.82, 2.24) is 9.62 Å². The summed E-state index contributed by atoms with van der Waals surface area (Å²) in [4.78, 5) is 4.11. The molecule has 0 N–H and O–H groups in total. The van der Waals surface area contributed by atoms with Crippen molar-refractivity contribution in [3.63, 3.8) is 0 Å². The number of hydrogen-bond acceptors (Lipinski definition) is 3. The number of rotatable bonds is 1. The van der Waals surface area contributed by atoms with E-state index in [9.17, 15) is 0 Å². The van der Waals surface area contributed by atoms with Gasteiger partial charge in [-0.15, -0.1) is 0 Å². The van der Waals surface area contributed by atoms with Crippen LogP contribution < -0.4 is 0 Å². The zero-order valence-electron chi connectivity index (χ0n) is 5.57. The molecule has 0 radical (unpaired) electrons. The van der Waals surface area contributed by atoms with Crippen LogP contribution in [-0.2, 0) is 20.3 Å². The Kier molecular flexibility index (Phi) is 2.08. The van der Waals surface area contributed by atoms with Crippen molar-refractivity contribution in [3.8, 4) is 0 Å². The molecule has 0 aliphatic carbocycles. The molecule has 1 rings (SSSR count). The molecule has 0 amide bonds. The summed E-state index contributed by atoms with van der Waals surface area (Å²) in [6.07, 6.45) is 4.02. The first-order valence-electron chi connectivity index (χ1n) is 2.74. The van der Waals surface area contributed by atoms with Crippen LogP contribution in [0.15, 0.2) is 15.7 Å². The molecule has 0 bridgehead atoms. The molecule has 0 spiro atoms. The first-order valence-corrected chi connectivity index (χ1v) is 3.44. The van der Waals surface area contributed by atoms with E-state index in [0.29, 0.717) is 0 Å². The fourth-order valence-electron chi connectivity index (χ4n) is 0.834. The Morgan fingerprint density at radius 1 is 1.33 bits per heavy atom. The van der Waals surface area contributed by atoms with E-state index in [2.05, 4.69) is 13.0 Å². The van der Waals surface area contributed by atoms with Gasteiger partial charge in [0.1, 0.15) is 0 Å². The van der Waals surface area contributed by atoms with Gasteiger partial charge in [-0.3, -0.25) is 0 Å².